The first kappa shape index (κ1) is 9.38. The summed E-state index contributed by atoms with van der Waals surface area (Å²) in [4.78, 5) is 0. The van der Waals surface area contributed by atoms with E-state index in [1.54, 1.807) is 0 Å². The summed E-state index contributed by atoms with van der Waals surface area (Å²) < 4.78 is 11.5. The molecule has 1 aliphatic heterocycles. The molecule has 76 valence electrons. The van der Waals surface area contributed by atoms with Crippen molar-refractivity contribution in [3.8, 4) is 11.5 Å². The first-order valence-electron chi connectivity index (χ1n) is 5.02. The van der Waals surface area contributed by atoms with E-state index in [2.05, 4.69) is 13.8 Å². The van der Waals surface area contributed by atoms with Crippen LogP contribution in [0, 0.1) is 13.8 Å². The lowest BCUT2D eigenvalue weighted by molar-refractivity contribution is 0.0428. The molecule has 2 atom stereocenters. The average Bonchev–Trinajstić information content (AvgIpc) is 2.11. The Morgan fingerprint density at radius 2 is 1.21 bits per heavy atom. The molecule has 2 unspecified atom stereocenters. The molecule has 1 heterocycles. The van der Waals surface area contributed by atoms with Crippen LogP contribution in [0.25, 0.3) is 0 Å². The van der Waals surface area contributed by atoms with E-state index >= 15 is 0 Å². The highest BCUT2D eigenvalue weighted by Crippen LogP contribution is 2.35. The maximum Gasteiger partial charge on any atom is 0.162 e. The molecule has 0 radical (unpaired) electrons. The summed E-state index contributed by atoms with van der Waals surface area (Å²) in [7, 11) is 0. The zero-order valence-corrected chi connectivity index (χ0v) is 9.13. The Kier molecular flexibility index (Phi) is 2.14. The van der Waals surface area contributed by atoms with E-state index in [4.69, 9.17) is 9.47 Å². The molecule has 2 nitrogen and oxygen atoms in total. The number of benzene rings is 1. The Morgan fingerprint density at radius 1 is 0.857 bits per heavy atom. The molecule has 1 aliphatic rings. The third-order valence-electron chi connectivity index (χ3n) is 2.85. The quantitative estimate of drug-likeness (QED) is 0.629. The summed E-state index contributed by atoms with van der Waals surface area (Å²) in [5.74, 6) is 1.75. The monoisotopic (exact) mass is 192 g/mol. The summed E-state index contributed by atoms with van der Waals surface area (Å²) in [6, 6.07) is 4.10. The van der Waals surface area contributed by atoms with E-state index in [0.29, 0.717) is 0 Å². The standard InChI is InChI=1S/C12H16O2/c1-7-5-11-12(6-8(7)2)14-10(4)9(3)13-11/h5-6,9-10H,1-4H3. The van der Waals surface area contributed by atoms with Gasteiger partial charge in [-0.2, -0.15) is 0 Å². The summed E-state index contributed by atoms with van der Waals surface area (Å²) in [5.41, 5.74) is 2.49. The molecule has 1 aromatic carbocycles. The van der Waals surface area contributed by atoms with E-state index in [-0.39, 0.29) is 12.2 Å². The van der Waals surface area contributed by atoms with Gasteiger partial charge in [0.25, 0.3) is 0 Å². The van der Waals surface area contributed by atoms with Gasteiger partial charge in [-0.25, -0.2) is 0 Å². The van der Waals surface area contributed by atoms with E-state index in [0.717, 1.165) is 11.5 Å². The molecule has 2 heteroatoms. The lowest BCUT2D eigenvalue weighted by atomic mass is 10.1. The fourth-order valence-electron chi connectivity index (χ4n) is 1.54. The maximum atomic E-state index is 5.75. The number of rotatable bonds is 0. The molecular formula is C12H16O2. The second kappa shape index (κ2) is 3.19. The summed E-state index contributed by atoms with van der Waals surface area (Å²) >= 11 is 0. The molecule has 0 aromatic heterocycles. The molecule has 2 rings (SSSR count). The zero-order valence-electron chi connectivity index (χ0n) is 9.13. The summed E-state index contributed by atoms with van der Waals surface area (Å²) in [6.07, 6.45) is 0.259. The van der Waals surface area contributed by atoms with Gasteiger partial charge in [-0.3, -0.25) is 0 Å². The van der Waals surface area contributed by atoms with Crippen molar-refractivity contribution in [3.05, 3.63) is 23.3 Å². The minimum absolute atomic E-state index is 0.129. The van der Waals surface area contributed by atoms with Crippen LogP contribution in [-0.2, 0) is 0 Å². The molecule has 0 fully saturated rings. The second-order valence-electron chi connectivity index (χ2n) is 4.03. The second-order valence-corrected chi connectivity index (χ2v) is 4.03. The Balaban J connectivity index is 2.42. The van der Waals surface area contributed by atoms with Gasteiger partial charge in [0.1, 0.15) is 12.2 Å². The van der Waals surface area contributed by atoms with E-state index in [1.807, 2.05) is 26.0 Å². The van der Waals surface area contributed by atoms with Gasteiger partial charge >= 0.3 is 0 Å². The maximum absolute atomic E-state index is 5.75. The third-order valence-corrected chi connectivity index (χ3v) is 2.85. The molecule has 0 N–H and O–H groups in total. The number of hydrogen-bond acceptors (Lipinski definition) is 2. The van der Waals surface area contributed by atoms with Crippen LogP contribution in [0.15, 0.2) is 12.1 Å². The van der Waals surface area contributed by atoms with Crippen LogP contribution in [0.5, 0.6) is 11.5 Å². The van der Waals surface area contributed by atoms with Crippen molar-refractivity contribution in [2.24, 2.45) is 0 Å². The number of fused-ring (bicyclic) bond motifs is 1. The minimum atomic E-state index is 0.129. The topological polar surface area (TPSA) is 18.5 Å². The van der Waals surface area contributed by atoms with Crippen LogP contribution in [0.3, 0.4) is 0 Å². The number of aryl methyl sites for hydroxylation is 2. The highest BCUT2D eigenvalue weighted by atomic mass is 16.6. The summed E-state index contributed by atoms with van der Waals surface area (Å²) in [6.45, 7) is 8.23. The van der Waals surface area contributed by atoms with Crippen LogP contribution in [-0.4, -0.2) is 12.2 Å². The predicted molar refractivity (Wildman–Crippen MR) is 56.1 cm³/mol. The van der Waals surface area contributed by atoms with Crippen LogP contribution in [0.2, 0.25) is 0 Å². The Bertz CT molecular complexity index is 323. The van der Waals surface area contributed by atoms with Crippen LogP contribution in [0.1, 0.15) is 25.0 Å². The predicted octanol–water partition coefficient (Wildman–Crippen LogP) is 2.85. The van der Waals surface area contributed by atoms with Gasteiger partial charge in [-0.15, -0.1) is 0 Å². The molecule has 0 bridgehead atoms. The normalized spacial score (nSPS) is 24.9. The summed E-state index contributed by atoms with van der Waals surface area (Å²) in [5, 5.41) is 0. The van der Waals surface area contributed by atoms with Gasteiger partial charge < -0.3 is 9.47 Å². The van der Waals surface area contributed by atoms with Crippen molar-refractivity contribution in [2.75, 3.05) is 0 Å². The molecule has 14 heavy (non-hydrogen) atoms. The van der Waals surface area contributed by atoms with Crippen molar-refractivity contribution in [3.63, 3.8) is 0 Å². The van der Waals surface area contributed by atoms with Crippen molar-refractivity contribution < 1.29 is 9.47 Å². The van der Waals surface area contributed by atoms with Crippen molar-refractivity contribution in [1.29, 1.82) is 0 Å². The van der Waals surface area contributed by atoms with Crippen LogP contribution in [0.4, 0.5) is 0 Å². The minimum Gasteiger partial charge on any atom is -0.483 e. The van der Waals surface area contributed by atoms with Crippen molar-refractivity contribution >= 4 is 0 Å². The third kappa shape index (κ3) is 1.45. The van der Waals surface area contributed by atoms with E-state index in [1.165, 1.54) is 11.1 Å². The SMILES string of the molecule is Cc1cc2c(cc1C)OC(C)C(C)O2. The smallest absolute Gasteiger partial charge is 0.162 e. The van der Waals surface area contributed by atoms with Crippen molar-refractivity contribution in [2.45, 2.75) is 39.9 Å². The molecule has 1 aromatic rings. The fraction of sp³-hybridized carbons (Fsp3) is 0.500. The largest absolute Gasteiger partial charge is 0.483 e. The Labute approximate surface area is 84.8 Å². The lowest BCUT2D eigenvalue weighted by Crippen LogP contribution is -2.35. The first-order valence-corrected chi connectivity index (χ1v) is 5.02. The van der Waals surface area contributed by atoms with Gasteiger partial charge in [0, 0.05) is 0 Å². The van der Waals surface area contributed by atoms with Gasteiger partial charge in [0.05, 0.1) is 0 Å². The molecular weight excluding hydrogens is 176 g/mol. The molecule has 0 amide bonds. The molecule has 0 spiro atoms. The van der Waals surface area contributed by atoms with Crippen molar-refractivity contribution in [1.82, 2.24) is 0 Å². The molecule has 0 saturated carbocycles. The zero-order chi connectivity index (χ0) is 10.3. The van der Waals surface area contributed by atoms with E-state index in [9.17, 15) is 0 Å². The molecule has 0 saturated heterocycles. The Morgan fingerprint density at radius 3 is 1.57 bits per heavy atom. The van der Waals surface area contributed by atoms with E-state index < -0.39 is 0 Å². The fourth-order valence-corrected chi connectivity index (χ4v) is 1.54. The number of hydrogen-bond donors (Lipinski definition) is 0. The van der Waals surface area contributed by atoms with Crippen LogP contribution >= 0.6 is 0 Å². The van der Waals surface area contributed by atoms with Gasteiger partial charge in [0.2, 0.25) is 0 Å². The highest BCUT2D eigenvalue weighted by Gasteiger charge is 2.24. The molecule has 0 aliphatic carbocycles. The van der Waals surface area contributed by atoms with Gasteiger partial charge in [-0.1, -0.05) is 0 Å². The van der Waals surface area contributed by atoms with Gasteiger partial charge in [0.15, 0.2) is 11.5 Å². The number of ether oxygens (including phenoxy) is 2. The first-order chi connectivity index (χ1) is 6.58. The lowest BCUT2D eigenvalue weighted by Gasteiger charge is -2.30. The highest BCUT2D eigenvalue weighted by molar-refractivity contribution is 5.47. The Hall–Kier alpha value is -1.18. The van der Waals surface area contributed by atoms with Crippen LogP contribution < -0.4 is 9.47 Å². The van der Waals surface area contributed by atoms with Gasteiger partial charge in [-0.05, 0) is 51.0 Å². The average molecular weight is 192 g/mol.